The van der Waals surface area contributed by atoms with Crippen LogP contribution >= 0.6 is 0 Å². The number of halogens is 1. The summed E-state index contributed by atoms with van der Waals surface area (Å²) < 4.78 is 14.5. The van der Waals surface area contributed by atoms with Crippen LogP contribution in [0.3, 0.4) is 0 Å². The Morgan fingerprint density at radius 3 is 2.96 bits per heavy atom. The molecule has 4 rings (SSSR count). The molecule has 1 amide bonds. The number of benzene rings is 1. The van der Waals surface area contributed by atoms with E-state index in [1.165, 1.54) is 25.3 Å². The molecule has 2 fully saturated rings. The van der Waals surface area contributed by atoms with E-state index in [9.17, 15) is 9.18 Å². The van der Waals surface area contributed by atoms with Crippen LogP contribution in [0, 0.1) is 11.2 Å². The highest BCUT2D eigenvalue weighted by Gasteiger charge is 2.51. The highest BCUT2D eigenvalue weighted by atomic mass is 19.1. The van der Waals surface area contributed by atoms with E-state index >= 15 is 0 Å². The lowest BCUT2D eigenvalue weighted by atomic mass is 9.63. The Morgan fingerprint density at radius 2 is 2.30 bits per heavy atom. The summed E-state index contributed by atoms with van der Waals surface area (Å²) in [4.78, 5) is 13.9. The third kappa shape index (κ3) is 2.36. The summed E-state index contributed by atoms with van der Waals surface area (Å²) in [5.74, 6) is -1.01. The van der Waals surface area contributed by atoms with E-state index in [1.807, 2.05) is 0 Å². The van der Waals surface area contributed by atoms with Crippen LogP contribution in [0.15, 0.2) is 12.1 Å². The molecule has 3 aliphatic rings. The van der Waals surface area contributed by atoms with E-state index in [0.717, 1.165) is 31.6 Å². The van der Waals surface area contributed by atoms with Crippen LogP contribution in [-0.2, 0) is 13.0 Å². The molecule has 0 unspecified atom stereocenters. The largest absolute Gasteiger partial charge is 0.316 e. The number of fused-ring (bicyclic) bond motifs is 1. The molecule has 1 aromatic rings. The van der Waals surface area contributed by atoms with Crippen molar-refractivity contribution in [1.29, 1.82) is 0 Å². The molecule has 1 saturated heterocycles. The van der Waals surface area contributed by atoms with Crippen molar-refractivity contribution in [3.05, 3.63) is 34.6 Å². The first kappa shape index (κ1) is 15.1. The molecule has 0 aromatic heterocycles. The van der Waals surface area contributed by atoms with Gasteiger partial charge in [-0.1, -0.05) is 0 Å². The Kier molecular flexibility index (Phi) is 3.63. The second-order valence-electron chi connectivity index (χ2n) is 7.10. The van der Waals surface area contributed by atoms with Crippen molar-refractivity contribution in [2.75, 3.05) is 19.6 Å². The summed E-state index contributed by atoms with van der Waals surface area (Å²) in [6.07, 6.45) is 4.44. The topological polar surface area (TPSA) is 64.6 Å². The fourth-order valence-electron chi connectivity index (χ4n) is 4.61. The first-order chi connectivity index (χ1) is 11.1. The van der Waals surface area contributed by atoms with Crippen molar-refractivity contribution in [3.8, 4) is 0 Å². The Bertz CT molecular complexity index is 643. The van der Waals surface area contributed by atoms with Crippen LogP contribution in [-0.4, -0.2) is 41.7 Å². The number of hydrogen-bond acceptors (Lipinski definition) is 4. The zero-order valence-electron chi connectivity index (χ0n) is 13.1. The van der Waals surface area contributed by atoms with Gasteiger partial charge in [0.1, 0.15) is 5.82 Å². The molecule has 2 heterocycles. The van der Waals surface area contributed by atoms with Gasteiger partial charge >= 0.3 is 0 Å². The van der Waals surface area contributed by atoms with Crippen LogP contribution in [0.2, 0.25) is 0 Å². The monoisotopic (exact) mass is 319 g/mol. The molecule has 3 N–H and O–H groups in total. The maximum Gasteiger partial charge on any atom is 0.274 e. The molecule has 1 aliphatic carbocycles. The molecular weight excluding hydrogens is 297 g/mol. The first-order valence-electron chi connectivity index (χ1n) is 8.33. The minimum atomic E-state index is -0.663. The summed E-state index contributed by atoms with van der Waals surface area (Å²) in [6, 6.07) is 3.47. The highest BCUT2D eigenvalue weighted by molar-refractivity contribution is 5.93. The number of hydrogen-bond donors (Lipinski definition) is 3. The standard InChI is InChI=1S/C17H22FN3O2/c18-14-8-12(16(22)20-23)7-11-2-6-21(9-13(11)14)15-1-3-17(15)4-5-19-10-17/h7-8,15,19,23H,1-6,9-10H2,(H,20,22)/t15-,17-/m0/s1. The SMILES string of the molecule is O=C(NO)c1cc(F)c2c(c1)CCN([C@H]1CC[C@@]13CCNC3)C2. The Labute approximate surface area is 134 Å². The van der Waals surface area contributed by atoms with Crippen molar-refractivity contribution >= 4 is 5.91 Å². The lowest BCUT2D eigenvalue weighted by Crippen LogP contribution is -2.57. The van der Waals surface area contributed by atoms with E-state index in [-0.39, 0.29) is 11.4 Å². The molecule has 0 bridgehead atoms. The predicted octanol–water partition coefficient (Wildman–Crippen LogP) is 1.44. The molecule has 124 valence electrons. The van der Waals surface area contributed by atoms with Crippen LogP contribution in [0.1, 0.15) is 40.7 Å². The minimum absolute atomic E-state index is 0.178. The molecule has 1 saturated carbocycles. The number of rotatable bonds is 2. The van der Waals surface area contributed by atoms with Crippen molar-refractivity contribution in [3.63, 3.8) is 0 Å². The number of hydroxylamine groups is 1. The zero-order valence-corrected chi connectivity index (χ0v) is 13.1. The van der Waals surface area contributed by atoms with Gasteiger partial charge in [0.2, 0.25) is 0 Å². The van der Waals surface area contributed by atoms with Gasteiger partial charge in [0.15, 0.2) is 0 Å². The van der Waals surface area contributed by atoms with Gasteiger partial charge in [-0.2, -0.15) is 0 Å². The van der Waals surface area contributed by atoms with Gasteiger partial charge < -0.3 is 5.32 Å². The normalized spacial score (nSPS) is 30.1. The third-order valence-corrected chi connectivity index (χ3v) is 6.02. The fraction of sp³-hybridized carbons (Fsp3) is 0.588. The number of carbonyl (C=O) groups is 1. The summed E-state index contributed by atoms with van der Waals surface area (Å²) in [5.41, 5.74) is 3.74. The van der Waals surface area contributed by atoms with Crippen molar-refractivity contribution in [2.24, 2.45) is 5.41 Å². The molecule has 6 heteroatoms. The smallest absolute Gasteiger partial charge is 0.274 e. The number of nitrogens with zero attached hydrogens (tertiary/aromatic N) is 1. The summed E-state index contributed by atoms with van der Waals surface area (Å²) in [5, 5.41) is 12.2. The fourth-order valence-corrected chi connectivity index (χ4v) is 4.61. The van der Waals surface area contributed by atoms with Crippen LogP contribution < -0.4 is 10.8 Å². The second kappa shape index (κ2) is 5.54. The van der Waals surface area contributed by atoms with E-state index in [2.05, 4.69) is 10.2 Å². The van der Waals surface area contributed by atoms with Gasteiger partial charge in [-0.05, 0) is 55.3 Å². The lowest BCUT2D eigenvalue weighted by Gasteiger charge is -2.53. The van der Waals surface area contributed by atoms with E-state index < -0.39 is 5.91 Å². The van der Waals surface area contributed by atoms with Gasteiger partial charge in [0, 0.05) is 36.8 Å². The third-order valence-electron chi connectivity index (χ3n) is 6.02. The molecule has 2 atom stereocenters. The molecule has 1 spiro atoms. The first-order valence-corrected chi connectivity index (χ1v) is 8.33. The molecule has 23 heavy (non-hydrogen) atoms. The van der Waals surface area contributed by atoms with Crippen molar-refractivity contribution < 1.29 is 14.4 Å². The maximum absolute atomic E-state index is 14.5. The quantitative estimate of drug-likeness (QED) is 0.570. The van der Waals surface area contributed by atoms with Gasteiger partial charge in [0.25, 0.3) is 5.91 Å². The molecule has 1 aromatic carbocycles. The molecular formula is C17H22FN3O2. The van der Waals surface area contributed by atoms with Crippen molar-refractivity contribution in [2.45, 2.75) is 38.3 Å². The summed E-state index contributed by atoms with van der Waals surface area (Å²) in [7, 11) is 0. The Hall–Kier alpha value is -1.50. The average molecular weight is 319 g/mol. The molecule has 5 nitrogen and oxygen atoms in total. The van der Waals surface area contributed by atoms with Gasteiger partial charge in [-0.25, -0.2) is 9.87 Å². The second-order valence-corrected chi connectivity index (χ2v) is 7.10. The van der Waals surface area contributed by atoms with Crippen LogP contribution in [0.5, 0.6) is 0 Å². The molecule has 2 aliphatic heterocycles. The zero-order chi connectivity index (χ0) is 16.0. The summed E-state index contributed by atoms with van der Waals surface area (Å²) in [6.45, 7) is 3.70. The Balaban J connectivity index is 1.57. The van der Waals surface area contributed by atoms with Crippen molar-refractivity contribution in [1.82, 2.24) is 15.7 Å². The van der Waals surface area contributed by atoms with Gasteiger partial charge in [-0.15, -0.1) is 0 Å². The van der Waals surface area contributed by atoms with Gasteiger partial charge in [-0.3, -0.25) is 14.9 Å². The highest BCUT2D eigenvalue weighted by Crippen LogP contribution is 2.49. The maximum atomic E-state index is 14.5. The number of amides is 1. The van der Waals surface area contributed by atoms with Crippen LogP contribution in [0.25, 0.3) is 0 Å². The van der Waals surface area contributed by atoms with Gasteiger partial charge in [0.05, 0.1) is 0 Å². The van der Waals surface area contributed by atoms with E-state index in [0.29, 0.717) is 23.6 Å². The minimum Gasteiger partial charge on any atom is -0.316 e. The molecule has 0 radical (unpaired) electrons. The van der Waals surface area contributed by atoms with E-state index in [1.54, 1.807) is 11.5 Å². The Morgan fingerprint density at radius 1 is 1.43 bits per heavy atom. The van der Waals surface area contributed by atoms with Crippen LogP contribution in [0.4, 0.5) is 4.39 Å². The van der Waals surface area contributed by atoms with E-state index in [4.69, 9.17) is 5.21 Å². The number of nitrogens with one attached hydrogen (secondary N) is 2. The summed E-state index contributed by atoms with van der Waals surface area (Å²) >= 11 is 0. The average Bonchev–Trinajstić information content (AvgIpc) is 3.05. The lowest BCUT2D eigenvalue weighted by molar-refractivity contribution is -0.0209. The predicted molar refractivity (Wildman–Crippen MR) is 82.7 cm³/mol. The number of carbonyl (C=O) groups excluding carboxylic acids is 1.